The Morgan fingerprint density at radius 2 is 1.76 bits per heavy atom. The summed E-state index contributed by atoms with van der Waals surface area (Å²) in [6.07, 6.45) is 3.98. The van der Waals surface area contributed by atoms with Crippen LogP contribution in [-0.2, 0) is 11.4 Å². The van der Waals surface area contributed by atoms with Gasteiger partial charge < -0.3 is 14.8 Å². The summed E-state index contributed by atoms with van der Waals surface area (Å²) in [5.74, 6) is 0.453. The van der Waals surface area contributed by atoms with Crippen LogP contribution in [0.2, 0.25) is 5.02 Å². The number of fused-ring (bicyclic) bond motifs is 1. The molecule has 0 atom stereocenters. The van der Waals surface area contributed by atoms with Crippen LogP contribution in [-0.4, -0.2) is 28.9 Å². The third-order valence-electron chi connectivity index (χ3n) is 6.70. The van der Waals surface area contributed by atoms with E-state index in [9.17, 15) is 9.59 Å². The van der Waals surface area contributed by atoms with Gasteiger partial charge in [-0.1, -0.05) is 35.9 Å². The lowest BCUT2D eigenvalue weighted by molar-refractivity contribution is -0.107. The molecule has 0 bridgehead atoms. The molecular formula is C33H29ClN4O4. The van der Waals surface area contributed by atoms with Gasteiger partial charge in [0.2, 0.25) is 6.41 Å². The molecule has 0 unspecified atom stereocenters. The summed E-state index contributed by atoms with van der Waals surface area (Å²) in [6.45, 7) is 6.22. The van der Waals surface area contributed by atoms with Crippen molar-refractivity contribution in [2.45, 2.75) is 27.4 Å². The number of nitrogens with zero attached hydrogens (tertiary/aromatic N) is 3. The number of aromatic nitrogens is 2. The quantitative estimate of drug-likeness (QED) is 0.172. The number of pyridine rings is 2. The Balaban J connectivity index is 1.51. The minimum Gasteiger partial charge on any atom is -0.492 e. The van der Waals surface area contributed by atoms with Crippen molar-refractivity contribution >= 4 is 51.9 Å². The molecule has 2 heterocycles. The van der Waals surface area contributed by atoms with E-state index < -0.39 is 5.91 Å². The second-order valence-corrected chi connectivity index (χ2v) is 9.97. The molecule has 8 nitrogen and oxygen atoms in total. The van der Waals surface area contributed by atoms with Crippen LogP contribution in [0.25, 0.3) is 10.9 Å². The number of imide groups is 1. The van der Waals surface area contributed by atoms with Gasteiger partial charge in [-0.05, 0) is 74.4 Å². The minimum atomic E-state index is -0.452. The van der Waals surface area contributed by atoms with E-state index in [2.05, 4.69) is 15.3 Å². The summed E-state index contributed by atoms with van der Waals surface area (Å²) in [5.41, 5.74) is 5.25. The van der Waals surface area contributed by atoms with Gasteiger partial charge in [-0.25, -0.2) is 4.90 Å². The smallest absolute Gasteiger partial charge is 0.265 e. The predicted molar refractivity (Wildman–Crippen MR) is 165 cm³/mol. The molecule has 3 aromatic carbocycles. The number of aryl methyl sites for hydroxylation is 2. The number of benzene rings is 3. The zero-order valence-corrected chi connectivity index (χ0v) is 24.2. The van der Waals surface area contributed by atoms with E-state index in [1.165, 1.54) is 0 Å². The minimum absolute atomic E-state index is 0.292. The maximum Gasteiger partial charge on any atom is 0.265 e. The third-order valence-corrected chi connectivity index (χ3v) is 7.00. The third kappa shape index (κ3) is 6.04. The van der Waals surface area contributed by atoms with Gasteiger partial charge in [0.25, 0.3) is 5.91 Å². The number of hydrogen-bond donors (Lipinski definition) is 1. The highest BCUT2D eigenvalue weighted by Crippen LogP contribution is 2.39. The van der Waals surface area contributed by atoms with E-state index in [1.807, 2.05) is 57.2 Å². The van der Waals surface area contributed by atoms with Crippen LogP contribution < -0.4 is 19.7 Å². The predicted octanol–water partition coefficient (Wildman–Crippen LogP) is 7.42. The van der Waals surface area contributed by atoms with E-state index in [-0.39, 0.29) is 0 Å². The Morgan fingerprint density at radius 3 is 2.48 bits per heavy atom. The van der Waals surface area contributed by atoms with Crippen LogP contribution >= 0.6 is 11.6 Å². The van der Waals surface area contributed by atoms with Crippen molar-refractivity contribution in [3.05, 3.63) is 113 Å². The Hall–Kier alpha value is -4.95. The van der Waals surface area contributed by atoms with Crippen molar-refractivity contribution in [3.63, 3.8) is 0 Å². The SMILES string of the molecule is CCOc1cc2ncc(C)c(Nc3ccc(OCc4ccccn4)c(Cl)c3)c2cc1N(C=O)C(=O)c1ccccc1C. The summed E-state index contributed by atoms with van der Waals surface area (Å²) in [4.78, 5) is 35.8. The first-order chi connectivity index (χ1) is 20.4. The number of rotatable bonds is 10. The van der Waals surface area contributed by atoms with Gasteiger partial charge >= 0.3 is 0 Å². The van der Waals surface area contributed by atoms with Crippen LogP contribution in [0.4, 0.5) is 17.1 Å². The molecule has 5 rings (SSSR count). The molecular weight excluding hydrogens is 552 g/mol. The molecule has 2 aromatic heterocycles. The van der Waals surface area contributed by atoms with Crippen LogP contribution in [0, 0.1) is 13.8 Å². The summed E-state index contributed by atoms with van der Waals surface area (Å²) in [7, 11) is 0. The highest BCUT2D eigenvalue weighted by molar-refractivity contribution is 6.32. The Kier molecular flexibility index (Phi) is 8.64. The molecule has 1 N–H and O–H groups in total. The zero-order valence-electron chi connectivity index (χ0n) is 23.4. The summed E-state index contributed by atoms with van der Waals surface area (Å²) in [6, 6.07) is 21.7. The van der Waals surface area contributed by atoms with Gasteiger partial charge in [0.1, 0.15) is 18.1 Å². The zero-order chi connectivity index (χ0) is 29.6. The second-order valence-electron chi connectivity index (χ2n) is 9.56. The van der Waals surface area contributed by atoms with E-state index >= 15 is 0 Å². The molecule has 0 aliphatic heterocycles. The normalized spacial score (nSPS) is 10.8. The number of nitrogens with one attached hydrogen (secondary N) is 1. The van der Waals surface area contributed by atoms with E-state index in [4.69, 9.17) is 21.1 Å². The first-order valence-corrected chi connectivity index (χ1v) is 13.8. The highest BCUT2D eigenvalue weighted by Gasteiger charge is 2.24. The van der Waals surface area contributed by atoms with Gasteiger partial charge in [-0.3, -0.25) is 19.6 Å². The van der Waals surface area contributed by atoms with Gasteiger partial charge in [0.15, 0.2) is 0 Å². The first-order valence-electron chi connectivity index (χ1n) is 13.4. The Morgan fingerprint density at radius 1 is 0.952 bits per heavy atom. The second kappa shape index (κ2) is 12.7. The van der Waals surface area contributed by atoms with Crippen molar-refractivity contribution in [2.75, 3.05) is 16.8 Å². The van der Waals surface area contributed by atoms with Crippen LogP contribution in [0.5, 0.6) is 11.5 Å². The maximum absolute atomic E-state index is 13.5. The topological polar surface area (TPSA) is 93.7 Å². The fourth-order valence-corrected chi connectivity index (χ4v) is 4.80. The van der Waals surface area contributed by atoms with Crippen molar-refractivity contribution in [2.24, 2.45) is 0 Å². The lowest BCUT2D eigenvalue weighted by Crippen LogP contribution is -2.30. The van der Waals surface area contributed by atoms with Crippen molar-refractivity contribution in [1.29, 1.82) is 0 Å². The van der Waals surface area contributed by atoms with Gasteiger partial charge in [0, 0.05) is 35.1 Å². The number of hydrogen-bond acceptors (Lipinski definition) is 7. The number of halogens is 1. The lowest BCUT2D eigenvalue weighted by atomic mass is 10.1. The van der Waals surface area contributed by atoms with Gasteiger partial charge in [0.05, 0.1) is 34.2 Å². The van der Waals surface area contributed by atoms with Crippen molar-refractivity contribution in [1.82, 2.24) is 9.97 Å². The molecule has 0 spiro atoms. The number of carbonyl (C=O) groups is 2. The monoisotopic (exact) mass is 580 g/mol. The lowest BCUT2D eigenvalue weighted by Gasteiger charge is -2.22. The first kappa shape index (κ1) is 28.6. The average molecular weight is 581 g/mol. The van der Waals surface area contributed by atoms with Gasteiger partial charge in [-0.2, -0.15) is 0 Å². The van der Waals surface area contributed by atoms with Crippen LogP contribution in [0.3, 0.4) is 0 Å². The molecule has 0 aliphatic carbocycles. The van der Waals surface area contributed by atoms with Gasteiger partial charge in [-0.15, -0.1) is 0 Å². The number of ether oxygens (including phenoxy) is 2. The molecule has 5 aromatic rings. The molecule has 0 saturated heterocycles. The fraction of sp³-hybridized carbons (Fsp3) is 0.152. The molecule has 42 heavy (non-hydrogen) atoms. The van der Waals surface area contributed by atoms with Crippen LogP contribution in [0.1, 0.15) is 34.1 Å². The molecule has 0 fully saturated rings. The molecule has 0 aliphatic rings. The van der Waals surface area contributed by atoms with E-state index in [1.54, 1.807) is 48.8 Å². The number of amides is 2. The van der Waals surface area contributed by atoms with E-state index in [0.29, 0.717) is 58.3 Å². The maximum atomic E-state index is 13.5. The molecule has 212 valence electrons. The molecule has 0 radical (unpaired) electrons. The standard InChI is InChI=1S/C33H29ClN4O4/c1-4-41-31-17-28-26(16-29(31)38(20-39)33(40)25-11-6-5-9-21(25)2)32(22(3)18-36-28)37-23-12-13-30(27(34)15-23)42-19-24-10-7-8-14-35-24/h5-18,20H,4,19H2,1-3H3,(H,36,37). The number of carbonyl (C=O) groups excluding carboxylic acids is 2. The Labute approximate surface area is 248 Å². The van der Waals surface area contributed by atoms with Crippen LogP contribution in [0.15, 0.2) is 85.2 Å². The largest absolute Gasteiger partial charge is 0.492 e. The Bertz CT molecular complexity index is 1760. The summed E-state index contributed by atoms with van der Waals surface area (Å²) >= 11 is 6.57. The highest BCUT2D eigenvalue weighted by atomic mass is 35.5. The van der Waals surface area contributed by atoms with Crippen molar-refractivity contribution < 1.29 is 19.1 Å². The molecule has 0 saturated carbocycles. The number of anilines is 3. The van der Waals surface area contributed by atoms with E-state index in [0.717, 1.165) is 33.1 Å². The average Bonchev–Trinajstić information content (AvgIpc) is 3.00. The summed E-state index contributed by atoms with van der Waals surface area (Å²) < 4.78 is 11.7. The fourth-order valence-electron chi connectivity index (χ4n) is 4.57. The summed E-state index contributed by atoms with van der Waals surface area (Å²) in [5, 5.41) is 4.57. The molecule has 2 amide bonds. The van der Waals surface area contributed by atoms with Crippen molar-refractivity contribution in [3.8, 4) is 11.5 Å². The molecule has 9 heteroatoms.